The van der Waals surface area contributed by atoms with Gasteiger partial charge in [0.05, 0.1) is 4.90 Å². The van der Waals surface area contributed by atoms with Crippen LogP contribution in [-0.4, -0.2) is 23.2 Å². The van der Waals surface area contributed by atoms with Crippen molar-refractivity contribution in [1.29, 1.82) is 0 Å². The Morgan fingerprint density at radius 1 is 0.882 bits per heavy atom. The van der Waals surface area contributed by atoms with Gasteiger partial charge in [-0.3, -0.25) is 0 Å². The molecule has 4 aromatic rings. The molecule has 0 amide bonds. The Balaban J connectivity index is 1.55. The van der Waals surface area contributed by atoms with E-state index in [-0.39, 0.29) is 10.8 Å². The number of aromatic nitrogens is 3. The Bertz CT molecular complexity index is 1500. The van der Waals surface area contributed by atoms with Gasteiger partial charge in [-0.15, -0.1) is 5.10 Å². The molecule has 34 heavy (non-hydrogen) atoms. The van der Waals surface area contributed by atoms with Gasteiger partial charge >= 0.3 is 0 Å². The molecule has 5 rings (SSSR count). The molecule has 1 aliphatic heterocycles. The topological polar surface area (TPSA) is 88.9 Å². The second-order valence-electron chi connectivity index (χ2n) is 7.44. The van der Waals surface area contributed by atoms with E-state index >= 15 is 0 Å². The lowest BCUT2D eigenvalue weighted by atomic mass is 10.0. The first-order valence-electron chi connectivity index (χ1n) is 10.0. The average Bonchev–Trinajstić information content (AvgIpc) is 3.21. The van der Waals surface area contributed by atoms with Crippen molar-refractivity contribution in [2.45, 2.75) is 10.9 Å². The van der Waals surface area contributed by atoms with Crippen molar-refractivity contribution < 1.29 is 8.42 Å². The molecule has 1 aromatic heterocycles. The number of benzene rings is 3. The van der Waals surface area contributed by atoms with Crippen LogP contribution in [-0.2, 0) is 10.0 Å². The second-order valence-corrected chi connectivity index (χ2v) is 10.4. The summed E-state index contributed by atoms with van der Waals surface area (Å²) < 4.78 is 29.7. The van der Waals surface area contributed by atoms with Gasteiger partial charge in [0.1, 0.15) is 6.04 Å². The maximum atomic E-state index is 12.8. The largest absolute Gasteiger partial charge is 0.324 e. The fourth-order valence-corrected chi connectivity index (χ4v) is 5.00. The molecule has 0 bridgehead atoms. The lowest BCUT2D eigenvalue weighted by molar-refractivity contribution is 0.598. The van der Waals surface area contributed by atoms with Gasteiger partial charge in [0, 0.05) is 20.8 Å². The predicted molar refractivity (Wildman–Crippen MR) is 135 cm³/mol. The zero-order valence-corrected chi connectivity index (χ0v) is 20.4. The van der Waals surface area contributed by atoms with Crippen LogP contribution >= 0.6 is 34.8 Å². The van der Waals surface area contributed by atoms with Crippen LogP contribution < -0.4 is 10.0 Å². The summed E-state index contributed by atoms with van der Waals surface area (Å²) in [6.07, 6.45) is 1.95. The molecule has 2 heterocycles. The molecular formula is C23H16Cl3N5O2S. The van der Waals surface area contributed by atoms with Gasteiger partial charge < -0.3 is 5.32 Å². The van der Waals surface area contributed by atoms with E-state index in [4.69, 9.17) is 34.8 Å². The van der Waals surface area contributed by atoms with Crippen molar-refractivity contribution in [1.82, 2.24) is 14.8 Å². The normalized spacial score (nSPS) is 15.3. The number of fused-ring (bicyclic) bond motifs is 1. The molecule has 1 atom stereocenters. The number of halogens is 3. The number of nitrogens with zero attached hydrogens (tertiary/aromatic N) is 3. The van der Waals surface area contributed by atoms with Crippen molar-refractivity contribution in [2.75, 3.05) is 10.0 Å². The van der Waals surface area contributed by atoms with Crippen LogP contribution in [0.15, 0.2) is 83.8 Å². The molecule has 0 fully saturated rings. The molecule has 0 aliphatic carbocycles. The van der Waals surface area contributed by atoms with Crippen LogP contribution in [0.1, 0.15) is 17.2 Å². The van der Waals surface area contributed by atoms with Crippen molar-refractivity contribution in [3.63, 3.8) is 0 Å². The number of rotatable bonds is 5. The lowest BCUT2D eigenvalue weighted by Gasteiger charge is -2.24. The zero-order chi connectivity index (χ0) is 23.9. The standard InChI is InChI=1S/C23H16Cl3N5O2S/c24-15-7-5-14(6-8-15)20-13-21(18-3-1-2-4-19(18)26)31-23(27-20)28-22(29-31)30-34(32,33)17-11-9-16(25)10-12-17/h1-13,21H,(H2,27,28,29,30)/t21-/m1/s1. The predicted octanol–water partition coefficient (Wildman–Crippen LogP) is 6.10. The van der Waals surface area contributed by atoms with E-state index in [1.54, 1.807) is 22.9 Å². The highest BCUT2D eigenvalue weighted by molar-refractivity contribution is 7.92. The van der Waals surface area contributed by atoms with Crippen LogP contribution in [0.4, 0.5) is 11.9 Å². The van der Waals surface area contributed by atoms with Crippen molar-refractivity contribution in [2.24, 2.45) is 0 Å². The molecule has 0 saturated heterocycles. The average molecular weight is 533 g/mol. The maximum absolute atomic E-state index is 12.8. The molecule has 0 unspecified atom stereocenters. The van der Waals surface area contributed by atoms with Gasteiger partial charge in [-0.1, -0.05) is 65.1 Å². The third kappa shape index (κ3) is 4.50. The number of anilines is 2. The van der Waals surface area contributed by atoms with Crippen LogP contribution in [0.25, 0.3) is 5.70 Å². The monoisotopic (exact) mass is 531 g/mol. The molecule has 7 nitrogen and oxygen atoms in total. The zero-order valence-electron chi connectivity index (χ0n) is 17.3. The fraction of sp³-hybridized carbons (Fsp3) is 0.0435. The minimum absolute atomic E-state index is 0.0419. The fourth-order valence-electron chi connectivity index (χ4n) is 3.56. The van der Waals surface area contributed by atoms with Crippen LogP contribution in [0.2, 0.25) is 15.1 Å². The van der Waals surface area contributed by atoms with E-state index in [2.05, 4.69) is 20.1 Å². The van der Waals surface area contributed by atoms with Gasteiger partial charge in [-0.05, 0) is 59.7 Å². The molecule has 1 aliphatic rings. The van der Waals surface area contributed by atoms with Crippen LogP contribution in [0, 0.1) is 0 Å². The van der Waals surface area contributed by atoms with E-state index in [1.165, 1.54) is 24.3 Å². The first-order valence-corrected chi connectivity index (χ1v) is 12.7. The number of allylic oxidation sites excluding steroid dienone is 1. The highest BCUT2D eigenvalue weighted by atomic mass is 35.5. The van der Waals surface area contributed by atoms with Gasteiger partial charge in [0.25, 0.3) is 16.0 Å². The summed E-state index contributed by atoms with van der Waals surface area (Å²) in [4.78, 5) is 4.43. The van der Waals surface area contributed by atoms with E-state index in [9.17, 15) is 8.42 Å². The minimum atomic E-state index is -3.92. The summed E-state index contributed by atoms with van der Waals surface area (Å²) in [6.45, 7) is 0. The molecule has 2 N–H and O–H groups in total. The Kier molecular flexibility index (Phi) is 5.99. The first kappa shape index (κ1) is 22.7. The maximum Gasteiger partial charge on any atom is 0.264 e. The SMILES string of the molecule is O=S(=O)(Nc1nc2n(n1)[C@@H](c1ccccc1Cl)C=C(c1ccc(Cl)cc1)N2)c1ccc(Cl)cc1. The number of hydrogen-bond acceptors (Lipinski definition) is 5. The molecule has 0 radical (unpaired) electrons. The van der Waals surface area contributed by atoms with Gasteiger partial charge in [0.2, 0.25) is 5.95 Å². The van der Waals surface area contributed by atoms with Gasteiger partial charge in [0.15, 0.2) is 0 Å². The van der Waals surface area contributed by atoms with E-state index in [1.807, 2.05) is 36.4 Å². The van der Waals surface area contributed by atoms with E-state index < -0.39 is 16.1 Å². The third-order valence-corrected chi connectivity index (χ3v) is 7.39. The van der Waals surface area contributed by atoms with Crippen LogP contribution in [0.3, 0.4) is 0 Å². The van der Waals surface area contributed by atoms with Gasteiger partial charge in [-0.2, -0.15) is 4.98 Å². The van der Waals surface area contributed by atoms with Crippen molar-refractivity contribution in [3.05, 3.63) is 105 Å². The molecule has 0 saturated carbocycles. The Labute approximate surface area is 211 Å². The highest BCUT2D eigenvalue weighted by Crippen LogP contribution is 2.36. The Morgan fingerprint density at radius 2 is 1.53 bits per heavy atom. The summed E-state index contributed by atoms with van der Waals surface area (Å²) in [5.41, 5.74) is 2.42. The quantitative estimate of drug-likeness (QED) is 0.324. The number of nitrogens with one attached hydrogen (secondary N) is 2. The summed E-state index contributed by atoms with van der Waals surface area (Å²) in [5.74, 6) is 0.270. The highest BCUT2D eigenvalue weighted by Gasteiger charge is 2.28. The summed E-state index contributed by atoms with van der Waals surface area (Å²) >= 11 is 18.4. The molecule has 3 aromatic carbocycles. The van der Waals surface area contributed by atoms with Gasteiger partial charge in [-0.25, -0.2) is 17.8 Å². The summed E-state index contributed by atoms with van der Waals surface area (Å²) in [6, 6.07) is 20.1. The minimum Gasteiger partial charge on any atom is -0.324 e. The molecule has 11 heteroatoms. The second kappa shape index (κ2) is 8.96. The van der Waals surface area contributed by atoms with Crippen molar-refractivity contribution >= 4 is 62.4 Å². The Morgan fingerprint density at radius 3 is 2.21 bits per heavy atom. The van der Waals surface area contributed by atoms with Crippen molar-refractivity contribution in [3.8, 4) is 0 Å². The molecule has 172 valence electrons. The number of hydrogen-bond donors (Lipinski definition) is 2. The smallest absolute Gasteiger partial charge is 0.264 e. The lowest BCUT2D eigenvalue weighted by Crippen LogP contribution is -2.20. The van der Waals surface area contributed by atoms with Crippen LogP contribution in [0.5, 0.6) is 0 Å². The third-order valence-electron chi connectivity index (χ3n) is 5.19. The Hall–Kier alpha value is -3.04. The number of sulfonamides is 1. The molecule has 0 spiro atoms. The first-order chi connectivity index (χ1) is 16.3. The van der Waals surface area contributed by atoms with E-state index in [0.717, 1.165) is 16.8 Å². The van der Waals surface area contributed by atoms with E-state index in [0.29, 0.717) is 21.0 Å². The molecular weight excluding hydrogens is 517 g/mol. The summed E-state index contributed by atoms with van der Waals surface area (Å²) in [7, 11) is -3.92. The summed E-state index contributed by atoms with van der Waals surface area (Å²) in [5, 5.41) is 9.24.